The van der Waals surface area contributed by atoms with Crippen molar-refractivity contribution in [3.05, 3.63) is 64.7 Å². The molecular formula is C22H22FN3O2. The number of hydrogen-bond acceptors (Lipinski definition) is 3. The van der Waals surface area contributed by atoms with Crippen LogP contribution in [0.5, 0.6) is 0 Å². The van der Waals surface area contributed by atoms with Crippen molar-refractivity contribution in [3.63, 3.8) is 0 Å². The molecule has 1 aliphatic carbocycles. The van der Waals surface area contributed by atoms with Gasteiger partial charge in [-0.3, -0.25) is 9.59 Å². The van der Waals surface area contributed by atoms with Crippen molar-refractivity contribution in [2.75, 3.05) is 0 Å². The minimum Gasteiger partial charge on any atom is -0.352 e. The molecule has 3 aromatic rings. The number of carbonyl (C=O) groups is 1. The molecular weight excluding hydrogens is 357 g/mol. The molecule has 0 unspecified atom stereocenters. The Morgan fingerprint density at radius 3 is 2.43 bits per heavy atom. The third kappa shape index (κ3) is 3.81. The number of carbonyl (C=O) groups excluding carboxylic acids is 1. The van der Waals surface area contributed by atoms with Crippen LogP contribution >= 0.6 is 0 Å². The van der Waals surface area contributed by atoms with Gasteiger partial charge in [0.2, 0.25) is 5.91 Å². The number of benzene rings is 2. The van der Waals surface area contributed by atoms with Gasteiger partial charge in [0.1, 0.15) is 12.4 Å². The Kier molecular flexibility index (Phi) is 5.19. The lowest BCUT2D eigenvalue weighted by atomic mass is 9.95. The molecule has 6 heteroatoms. The van der Waals surface area contributed by atoms with E-state index in [1.54, 1.807) is 24.3 Å². The fraction of sp³-hybridized carbons (Fsp3) is 0.318. The molecule has 0 bridgehead atoms. The molecule has 0 saturated heterocycles. The predicted octanol–water partition coefficient (Wildman–Crippen LogP) is 3.65. The van der Waals surface area contributed by atoms with Crippen LogP contribution < -0.4 is 10.9 Å². The number of fused-ring (bicyclic) bond motifs is 1. The summed E-state index contributed by atoms with van der Waals surface area (Å²) in [5, 5.41) is 8.65. The maximum Gasteiger partial charge on any atom is 0.275 e. The Morgan fingerprint density at radius 2 is 1.71 bits per heavy atom. The number of nitrogens with one attached hydrogen (secondary N) is 1. The van der Waals surface area contributed by atoms with E-state index in [4.69, 9.17) is 0 Å². The van der Waals surface area contributed by atoms with E-state index in [0.29, 0.717) is 22.0 Å². The summed E-state index contributed by atoms with van der Waals surface area (Å²) in [6.07, 6.45) is 5.40. The zero-order valence-corrected chi connectivity index (χ0v) is 15.5. The summed E-state index contributed by atoms with van der Waals surface area (Å²) >= 11 is 0. The molecule has 1 N–H and O–H groups in total. The van der Waals surface area contributed by atoms with Gasteiger partial charge in [0.25, 0.3) is 5.56 Å². The minimum atomic E-state index is -0.340. The fourth-order valence-corrected chi connectivity index (χ4v) is 3.82. The second-order valence-corrected chi connectivity index (χ2v) is 7.27. The number of halogens is 1. The Bertz CT molecular complexity index is 1050. The minimum absolute atomic E-state index is 0.131. The molecule has 2 aromatic carbocycles. The Hall–Kier alpha value is -3.02. The molecule has 1 heterocycles. The molecule has 1 fully saturated rings. The molecule has 0 spiro atoms. The van der Waals surface area contributed by atoms with Gasteiger partial charge < -0.3 is 5.32 Å². The van der Waals surface area contributed by atoms with Crippen LogP contribution in [-0.2, 0) is 11.3 Å². The van der Waals surface area contributed by atoms with E-state index >= 15 is 0 Å². The van der Waals surface area contributed by atoms with E-state index in [1.165, 1.54) is 23.2 Å². The van der Waals surface area contributed by atoms with Crippen LogP contribution in [0.25, 0.3) is 22.0 Å². The van der Waals surface area contributed by atoms with Gasteiger partial charge in [-0.05, 0) is 43.2 Å². The van der Waals surface area contributed by atoms with Crippen LogP contribution in [0.3, 0.4) is 0 Å². The summed E-state index contributed by atoms with van der Waals surface area (Å²) in [6.45, 7) is -0.131. The van der Waals surface area contributed by atoms with E-state index in [1.807, 2.05) is 12.1 Å². The van der Waals surface area contributed by atoms with Gasteiger partial charge in [-0.25, -0.2) is 9.07 Å². The number of hydrogen-bond donors (Lipinski definition) is 1. The highest BCUT2D eigenvalue weighted by molar-refractivity contribution is 5.93. The van der Waals surface area contributed by atoms with Crippen LogP contribution in [0.15, 0.2) is 53.3 Å². The number of nitrogens with zero attached hydrogens (tertiary/aromatic N) is 2. The fourth-order valence-electron chi connectivity index (χ4n) is 3.82. The van der Waals surface area contributed by atoms with Crippen molar-refractivity contribution in [2.45, 2.75) is 44.7 Å². The highest BCUT2D eigenvalue weighted by Gasteiger charge is 2.18. The van der Waals surface area contributed by atoms with Crippen LogP contribution in [0.2, 0.25) is 0 Å². The average Bonchev–Trinajstić information content (AvgIpc) is 2.72. The van der Waals surface area contributed by atoms with Crippen molar-refractivity contribution < 1.29 is 9.18 Å². The van der Waals surface area contributed by atoms with Crippen molar-refractivity contribution in [2.24, 2.45) is 0 Å². The van der Waals surface area contributed by atoms with Crippen LogP contribution in [0.4, 0.5) is 4.39 Å². The van der Waals surface area contributed by atoms with Gasteiger partial charge in [-0.2, -0.15) is 5.10 Å². The van der Waals surface area contributed by atoms with Gasteiger partial charge >= 0.3 is 0 Å². The maximum atomic E-state index is 13.3. The Labute approximate surface area is 162 Å². The van der Waals surface area contributed by atoms with Crippen molar-refractivity contribution in [3.8, 4) is 11.3 Å². The van der Waals surface area contributed by atoms with Gasteiger partial charge in [0, 0.05) is 17.0 Å². The molecule has 0 radical (unpaired) electrons. The van der Waals surface area contributed by atoms with E-state index in [-0.39, 0.29) is 29.9 Å². The van der Waals surface area contributed by atoms with Crippen LogP contribution in [0.1, 0.15) is 32.1 Å². The monoisotopic (exact) mass is 379 g/mol. The topological polar surface area (TPSA) is 64.0 Å². The molecule has 5 nitrogen and oxygen atoms in total. The average molecular weight is 379 g/mol. The summed E-state index contributed by atoms with van der Waals surface area (Å²) in [5.74, 6) is -0.546. The smallest absolute Gasteiger partial charge is 0.275 e. The zero-order chi connectivity index (χ0) is 19.5. The lowest BCUT2D eigenvalue weighted by Gasteiger charge is -2.22. The highest BCUT2D eigenvalue weighted by Crippen LogP contribution is 2.24. The number of rotatable bonds is 4. The third-order valence-electron chi connectivity index (χ3n) is 5.25. The van der Waals surface area contributed by atoms with Crippen LogP contribution in [0, 0.1) is 5.82 Å². The molecule has 1 aliphatic rings. The second-order valence-electron chi connectivity index (χ2n) is 7.27. The first-order chi connectivity index (χ1) is 13.6. The van der Waals surface area contributed by atoms with Crippen molar-refractivity contribution in [1.29, 1.82) is 0 Å². The lowest BCUT2D eigenvalue weighted by molar-refractivity contribution is -0.122. The number of amides is 1. The first kappa shape index (κ1) is 18.3. The van der Waals surface area contributed by atoms with Gasteiger partial charge in [-0.1, -0.05) is 37.5 Å². The van der Waals surface area contributed by atoms with E-state index in [9.17, 15) is 14.0 Å². The Morgan fingerprint density at radius 1 is 1.04 bits per heavy atom. The molecule has 144 valence electrons. The first-order valence-corrected chi connectivity index (χ1v) is 9.67. The van der Waals surface area contributed by atoms with E-state index < -0.39 is 0 Å². The summed E-state index contributed by atoms with van der Waals surface area (Å²) < 4.78 is 14.5. The van der Waals surface area contributed by atoms with E-state index in [2.05, 4.69) is 10.4 Å². The maximum absolute atomic E-state index is 13.3. The zero-order valence-electron chi connectivity index (χ0n) is 15.5. The van der Waals surface area contributed by atoms with Crippen molar-refractivity contribution in [1.82, 2.24) is 15.1 Å². The Balaban J connectivity index is 1.70. The molecule has 0 aliphatic heterocycles. The quantitative estimate of drug-likeness (QED) is 0.753. The van der Waals surface area contributed by atoms with Gasteiger partial charge in [-0.15, -0.1) is 0 Å². The summed E-state index contributed by atoms with van der Waals surface area (Å²) in [5.41, 5.74) is 0.944. The largest absolute Gasteiger partial charge is 0.352 e. The van der Waals surface area contributed by atoms with E-state index in [0.717, 1.165) is 25.7 Å². The van der Waals surface area contributed by atoms with Crippen molar-refractivity contribution >= 4 is 16.7 Å². The SMILES string of the molecule is O=C(Cn1nc(-c2ccc(F)cc2)c2ccccc2c1=O)NC1CCCCC1. The summed E-state index contributed by atoms with van der Waals surface area (Å²) in [7, 11) is 0. The molecule has 1 saturated carbocycles. The van der Waals surface area contributed by atoms with Gasteiger partial charge in [0.05, 0.1) is 11.1 Å². The molecule has 28 heavy (non-hydrogen) atoms. The first-order valence-electron chi connectivity index (χ1n) is 9.67. The molecule has 4 rings (SSSR count). The lowest BCUT2D eigenvalue weighted by Crippen LogP contribution is -2.40. The number of aromatic nitrogens is 2. The molecule has 1 amide bonds. The van der Waals surface area contributed by atoms with Crippen LogP contribution in [-0.4, -0.2) is 21.7 Å². The summed E-state index contributed by atoms with van der Waals surface area (Å²) in [4.78, 5) is 25.4. The summed E-state index contributed by atoms with van der Waals surface area (Å²) in [6, 6.07) is 13.3. The molecule has 0 atom stereocenters. The molecule has 1 aromatic heterocycles. The second kappa shape index (κ2) is 7.92. The standard InChI is InChI=1S/C22H22FN3O2/c23-16-12-10-15(11-13-16)21-18-8-4-5-9-19(18)22(28)26(25-21)14-20(27)24-17-6-2-1-3-7-17/h4-5,8-13,17H,1-3,6-7,14H2,(H,24,27). The normalized spacial score (nSPS) is 14.9. The van der Waals surface area contributed by atoms with Gasteiger partial charge in [0.15, 0.2) is 0 Å². The predicted molar refractivity (Wildman–Crippen MR) is 106 cm³/mol. The third-order valence-corrected chi connectivity index (χ3v) is 5.25. The highest BCUT2D eigenvalue weighted by atomic mass is 19.1.